The number of hydrogen-bond acceptors (Lipinski definition) is 2. The summed E-state index contributed by atoms with van der Waals surface area (Å²) in [6.45, 7) is 8.02. The monoisotopic (exact) mass is 381 g/mol. The van der Waals surface area contributed by atoms with Gasteiger partial charge in [0.1, 0.15) is 5.82 Å². The summed E-state index contributed by atoms with van der Waals surface area (Å²) in [5, 5.41) is 4.56. The third kappa shape index (κ3) is 2.97. The molecule has 0 unspecified atom stereocenters. The third-order valence-electron chi connectivity index (χ3n) is 6.52. The van der Waals surface area contributed by atoms with Gasteiger partial charge in [0.2, 0.25) is 5.91 Å². The number of amides is 1. The zero-order valence-corrected chi connectivity index (χ0v) is 16.9. The first-order valence-electron chi connectivity index (χ1n) is 10.3. The molecular formula is C23H28FN3O. The van der Waals surface area contributed by atoms with Crippen molar-refractivity contribution < 1.29 is 9.18 Å². The second kappa shape index (κ2) is 7.19. The van der Waals surface area contributed by atoms with E-state index in [2.05, 4.69) is 31.9 Å². The SMILES string of the molecule is CCCN(CC)C(=O)[C@H]1CCC2=Cc3c(cnn3-c3ccc(F)cc3)C[C@@]21C. The minimum Gasteiger partial charge on any atom is -0.343 e. The summed E-state index contributed by atoms with van der Waals surface area (Å²) in [5.41, 5.74) is 4.28. The van der Waals surface area contributed by atoms with Crippen LogP contribution in [0.1, 0.15) is 51.3 Å². The van der Waals surface area contributed by atoms with Crippen LogP contribution in [0.3, 0.4) is 0 Å². The first-order chi connectivity index (χ1) is 13.5. The van der Waals surface area contributed by atoms with Crippen molar-refractivity contribution in [3.8, 4) is 5.69 Å². The van der Waals surface area contributed by atoms with Gasteiger partial charge < -0.3 is 4.90 Å². The molecule has 4 nitrogen and oxygen atoms in total. The summed E-state index contributed by atoms with van der Waals surface area (Å²) < 4.78 is 15.2. The normalized spacial score (nSPS) is 23.1. The molecule has 1 fully saturated rings. The van der Waals surface area contributed by atoms with E-state index in [-0.39, 0.29) is 17.2 Å². The Labute approximate surface area is 166 Å². The zero-order chi connectivity index (χ0) is 19.9. The van der Waals surface area contributed by atoms with Crippen LogP contribution < -0.4 is 0 Å². The Morgan fingerprint density at radius 3 is 2.75 bits per heavy atom. The summed E-state index contributed by atoms with van der Waals surface area (Å²) in [5.74, 6) is 0.0811. The Morgan fingerprint density at radius 2 is 2.07 bits per heavy atom. The lowest BCUT2D eigenvalue weighted by atomic mass is 9.69. The lowest BCUT2D eigenvalue weighted by Gasteiger charge is -2.37. The molecule has 0 N–H and O–H groups in total. The highest BCUT2D eigenvalue weighted by Gasteiger charge is 2.49. The topological polar surface area (TPSA) is 38.1 Å². The van der Waals surface area contributed by atoms with Crippen LogP contribution in [-0.2, 0) is 11.2 Å². The molecule has 1 heterocycles. The van der Waals surface area contributed by atoms with Crippen molar-refractivity contribution >= 4 is 12.0 Å². The molecule has 1 aromatic carbocycles. The summed E-state index contributed by atoms with van der Waals surface area (Å²) in [4.78, 5) is 15.2. The van der Waals surface area contributed by atoms with E-state index in [0.717, 1.165) is 55.7 Å². The number of hydrogen-bond donors (Lipinski definition) is 0. The quantitative estimate of drug-likeness (QED) is 0.758. The number of halogens is 1. The average Bonchev–Trinajstić information content (AvgIpc) is 3.23. The van der Waals surface area contributed by atoms with E-state index in [0.29, 0.717) is 5.91 Å². The number of benzene rings is 1. The van der Waals surface area contributed by atoms with Gasteiger partial charge in [0.05, 0.1) is 17.6 Å². The van der Waals surface area contributed by atoms with Crippen LogP contribution in [0.5, 0.6) is 0 Å². The lowest BCUT2D eigenvalue weighted by molar-refractivity contribution is -0.138. The van der Waals surface area contributed by atoms with E-state index < -0.39 is 0 Å². The first-order valence-corrected chi connectivity index (χ1v) is 10.3. The molecule has 2 aliphatic carbocycles. The fourth-order valence-corrected chi connectivity index (χ4v) is 4.94. The smallest absolute Gasteiger partial charge is 0.226 e. The lowest BCUT2D eigenvalue weighted by Crippen LogP contribution is -2.43. The Kier molecular flexibility index (Phi) is 4.86. The largest absolute Gasteiger partial charge is 0.343 e. The van der Waals surface area contributed by atoms with Crippen molar-refractivity contribution in [3.05, 3.63) is 53.1 Å². The van der Waals surface area contributed by atoms with Crippen LogP contribution in [0.25, 0.3) is 11.8 Å². The molecule has 4 rings (SSSR count). The van der Waals surface area contributed by atoms with Crippen molar-refractivity contribution in [3.63, 3.8) is 0 Å². The number of carbonyl (C=O) groups excluding carboxylic acids is 1. The maximum absolute atomic E-state index is 13.3. The molecular weight excluding hydrogens is 353 g/mol. The van der Waals surface area contributed by atoms with E-state index in [1.807, 2.05) is 15.8 Å². The summed E-state index contributed by atoms with van der Waals surface area (Å²) >= 11 is 0. The zero-order valence-electron chi connectivity index (χ0n) is 16.9. The molecule has 0 saturated heterocycles. The number of rotatable bonds is 5. The molecule has 0 spiro atoms. The highest BCUT2D eigenvalue weighted by atomic mass is 19.1. The van der Waals surface area contributed by atoms with Gasteiger partial charge in [-0.1, -0.05) is 19.4 Å². The molecule has 2 aliphatic rings. The first kappa shape index (κ1) is 18.9. The van der Waals surface area contributed by atoms with Gasteiger partial charge in [-0.25, -0.2) is 9.07 Å². The predicted octanol–water partition coefficient (Wildman–Crippen LogP) is 4.63. The van der Waals surface area contributed by atoms with Crippen LogP contribution >= 0.6 is 0 Å². The van der Waals surface area contributed by atoms with Gasteiger partial charge >= 0.3 is 0 Å². The molecule has 2 atom stereocenters. The highest BCUT2D eigenvalue weighted by molar-refractivity contribution is 5.82. The minimum absolute atomic E-state index is 0.0348. The second-order valence-electron chi connectivity index (χ2n) is 8.22. The maximum Gasteiger partial charge on any atom is 0.226 e. The molecule has 2 aromatic rings. The molecule has 1 amide bonds. The van der Waals surface area contributed by atoms with Crippen molar-refractivity contribution in [2.24, 2.45) is 11.3 Å². The molecule has 0 bridgehead atoms. The summed E-state index contributed by atoms with van der Waals surface area (Å²) in [6.07, 6.45) is 7.80. The van der Waals surface area contributed by atoms with E-state index in [1.54, 1.807) is 12.1 Å². The molecule has 28 heavy (non-hydrogen) atoms. The number of fused-ring (bicyclic) bond motifs is 2. The van der Waals surface area contributed by atoms with Gasteiger partial charge in [-0.3, -0.25) is 4.79 Å². The van der Waals surface area contributed by atoms with Gasteiger partial charge in [-0.05, 0) is 68.5 Å². The predicted molar refractivity (Wildman–Crippen MR) is 109 cm³/mol. The fourth-order valence-electron chi connectivity index (χ4n) is 4.94. The second-order valence-corrected chi connectivity index (χ2v) is 8.22. The fraction of sp³-hybridized carbons (Fsp3) is 0.478. The van der Waals surface area contributed by atoms with Gasteiger partial charge in [-0.2, -0.15) is 5.10 Å². The van der Waals surface area contributed by atoms with Crippen molar-refractivity contribution in [2.45, 2.75) is 46.5 Å². The maximum atomic E-state index is 13.3. The van der Waals surface area contributed by atoms with Crippen molar-refractivity contribution in [1.82, 2.24) is 14.7 Å². The highest BCUT2D eigenvalue weighted by Crippen LogP contribution is 2.53. The third-order valence-corrected chi connectivity index (χ3v) is 6.52. The van der Waals surface area contributed by atoms with Gasteiger partial charge in [0.15, 0.2) is 0 Å². The molecule has 148 valence electrons. The summed E-state index contributed by atoms with van der Waals surface area (Å²) in [6, 6.07) is 6.42. The average molecular weight is 381 g/mol. The number of allylic oxidation sites excluding steroid dienone is 1. The molecule has 0 aliphatic heterocycles. The Balaban J connectivity index is 1.66. The summed E-state index contributed by atoms with van der Waals surface area (Å²) in [7, 11) is 0. The van der Waals surface area contributed by atoms with Crippen LogP contribution in [-0.4, -0.2) is 33.7 Å². The van der Waals surface area contributed by atoms with Crippen molar-refractivity contribution in [2.75, 3.05) is 13.1 Å². The number of aromatic nitrogens is 2. The number of carbonyl (C=O) groups is 1. The number of nitrogens with zero attached hydrogens (tertiary/aromatic N) is 3. The van der Waals surface area contributed by atoms with Crippen LogP contribution in [0.2, 0.25) is 0 Å². The molecule has 1 saturated carbocycles. The molecule has 5 heteroatoms. The van der Waals surface area contributed by atoms with Crippen LogP contribution in [0.4, 0.5) is 4.39 Å². The van der Waals surface area contributed by atoms with Crippen molar-refractivity contribution in [1.29, 1.82) is 0 Å². The minimum atomic E-state index is -0.250. The molecule has 1 aromatic heterocycles. The van der Waals surface area contributed by atoms with Gasteiger partial charge in [-0.15, -0.1) is 0 Å². The molecule has 0 radical (unpaired) electrons. The van der Waals surface area contributed by atoms with Crippen LogP contribution in [0, 0.1) is 17.2 Å². The van der Waals surface area contributed by atoms with Gasteiger partial charge in [0, 0.05) is 24.4 Å². The van der Waals surface area contributed by atoms with E-state index in [1.165, 1.54) is 17.7 Å². The Bertz CT molecular complexity index is 914. The van der Waals surface area contributed by atoms with E-state index >= 15 is 0 Å². The van der Waals surface area contributed by atoms with Gasteiger partial charge in [0.25, 0.3) is 0 Å². The van der Waals surface area contributed by atoms with E-state index in [4.69, 9.17) is 0 Å². The van der Waals surface area contributed by atoms with E-state index in [9.17, 15) is 9.18 Å². The Morgan fingerprint density at radius 1 is 1.32 bits per heavy atom. The standard InChI is InChI=1S/C23H28FN3O/c1-4-12-26(5-2)22(28)20-11-6-17-13-21-16(14-23(17,20)3)15-25-27(21)19-9-7-18(24)8-10-19/h7-10,13,15,20H,4-6,11-12,14H2,1-3H3/t20-,23+/m1/s1. The van der Waals surface area contributed by atoms with Crippen LogP contribution in [0.15, 0.2) is 36.0 Å². The Hall–Kier alpha value is -2.43.